The zero-order valence-electron chi connectivity index (χ0n) is 8.54. The normalized spacial score (nSPS) is 10.6. The van der Waals surface area contributed by atoms with Gasteiger partial charge in [0.1, 0.15) is 5.82 Å². The Morgan fingerprint density at radius 3 is 2.73 bits per heavy atom. The van der Waals surface area contributed by atoms with Crippen molar-refractivity contribution in [3.8, 4) is 5.75 Å². The molecule has 0 aliphatic heterocycles. The number of hydrogen-bond donors (Lipinski definition) is 1. The fraction of sp³-hybridized carbons (Fsp3) is 0.182. The number of nitrogens with two attached hydrogens (primary N) is 1. The van der Waals surface area contributed by atoms with Gasteiger partial charge in [-0.1, -0.05) is 0 Å². The van der Waals surface area contributed by atoms with Gasteiger partial charge in [-0.25, -0.2) is 9.37 Å². The summed E-state index contributed by atoms with van der Waals surface area (Å²) in [6.07, 6.45) is 0. The Bertz CT molecular complexity index is 525. The molecule has 0 amide bonds. The van der Waals surface area contributed by atoms with E-state index in [1.807, 2.05) is 13.0 Å². The minimum absolute atomic E-state index is 0.216. The van der Waals surface area contributed by atoms with Gasteiger partial charge in [0.15, 0.2) is 11.6 Å². The molecule has 0 saturated heterocycles. The molecule has 0 fully saturated rings. The van der Waals surface area contributed by atoms with Gasteiger partial charge in [0.05, 0.1) is 12.6 Å². The second kappa shape index (κ2) is 3.38. The molecule has 15 heavy (non-hydrogen) atoms. The van der Waals surface area contributed by atoms with Gasteiger partial charge in [-0.2, -0.15) is 0 Å². The van der Waals surface area contributed by atoms with Crippen LogP contribution in [0.3, 0.4) is 0 Å². The molecule has 3 nitrogen and oxygen atoms in total. The molecular weight excluding hydrogens is 195 g/mol. The molecule has 0 aliphatic rings. The van der Waals surface area contributed by atoms with Gasteiger partial charge in [0.2, 0.25) is 0 Å². The molecule has 0 aliphatic carbocycles. The lowest BCUT2D eigenvalue weighted by molar-refractivity contribution is 0.387. The lowest BCUT2D eigenvalue weighted by Gasteiger charge is -2.06. The average Bonchev–Trinajstić information content (AvgIpc) is 2.20. The van der Waals surface area contributed by atoms with Gasteiger partial charge in [-0.3, -0.25) is 0 Å². The summed E-state index contributed by atoms with van der Waals surface area (Å²) in [7, 11) is 1.43. The first-order valence-corrected chi connectivity index (χ1v) is 4.52. The van der Waals surface area contributed by atoms with Crippen molar-refractivity contribution in [2.45, 2.75) is 6.92 Å². The number of ether oxygens (including phenoxy) is 1. The lowest BCUT2D eigenvalue weighted by Crippen LogP contribution is -1.96. The van der Waals surface area contributed by atoms with E-state index in [0.717, 1.165) is 10.9 Å². The third-order valence-corrected chi connectivity index (χ3v) is 2.32. The van der Waals surface area contributed by atoms with Gasteiger partial charge in [-0.15, -0.1) is 0 Å². The quantitative estimate of drug-likeness (QED) is 0.778. The third-order valence-electron chi connectivity index (χ3n) is 2.32. The highest BCUT2D eigenvalue weighted by molar-refractivity contribution is 5.82. The van der Waals surface area contributed by atoms with Crippen LogP contribution in [-0.4, -0.2) is 12.1 Å². The molecule has 0 atom stereocenters. The maximum Gasteiger partial charge on any atom is 0.167 e. The second-order valence-corrected chi connectivity index (χ2v) is 3.37. The summed E-state index contributed by atoms with van der Waals surface area (Å²) in [6, 6.07) is 4.80. The number of fused-ring (bicyclic) bond motifs is 1. The van der Waals surface area contributed by atoms with Crippen LogP contribution < -0.4 is 10.5 Å². The van der Waals surface area contributed by atoms with E-state index in [-0.39, 0.29) is 5.75 Å². The second-order valence-electron chi connectivity index (χ2n) is 3.37. The summed E-state index contributed by atoms with van der Waals surface area (Å²) in [5, 5.41) is 0.819. The number of rotatable bonds is 1. The molecule has 2 N–H and O–H groups in total. The number of pyridine rings is 1. The number of benzene rings is 1. The Morgan fingerprint density at radius 1 is 1.33 bits per heavy atom. The van der Waals surface area contributed by atoms with E-state index in [1.54, 1.807) is 6.07 Å². The standard InChI is InChI=1S/C11H11FN2O/c1-6-3-7-4-10(15-2)8(12)5-9(7)14-11(6)13/h3-5H,1-2H3,(H2,13,14). The fourth-order valence-electron chi connectivity index (χ4n) is 1.45. The summed E-state index contributed by atoms with van der Waals surface area (Å²) < 4.78 is 18.2. The van der Waals surface area contributed by atoms with Crippen LogP contribution >= 0.6 is 0 Å². The van der Waals surface area contributed by atoms with E-state index in [0.29, 0.717) is 11.3 Å². The Hall–Kier alpha value is -1.84. The molecule has 1 aromatic carbocycles. The summed E-state index contributed by atoms with van der Waals surface area (Å²) in [4.78, 5) is 4.09. The molecule has 1 heterocycles. The van der Waals surface area contributed by atoms with E-state index in [1.165, 1.54) is 13.2 Å². The molecule has 78 valence electrons. The summed E-state index contributed by atoms with van der Waals surface area (Å²) in [5.41, 5.74) is 7.05. The maximum absolute atomic E-state index is 13.3. The van der Waals surface area contributed by atoms with Crippen molar-refractivity contribution >= 4 is 16.7 Å². The number of aryl methyl sites for hydroxylation is 1. The van der Waals surface area contributed by atoms with Gasteiger partial charge in [0, 0.05) is 11.5 Å². The van der Waals surface area contributed by atoms with Crippen molar-refractivity contribution in [1.29, 1.82) is 0 Å². The van der Waals surface area contributed by atoms with Crippen molar-refractivity contribution in [2.75, 3.05) is 12.8 Å². The Morgan fingerprint density at radius 2 is 2.07 bits per heavy atom. The van der Waals surface area contributed by atoms with Crippen LogP contribution in [0.25, 0.3) is 10.9 Å². The van der Waals surface area contributed by atoms with Gasteiger partial charge < -0.3 is 10.5 Å². The predicted molar refractivity (Wildman–Crippen MR) is 57.4 cm³/mol. The van der Waals surface area contributed by atoms with Crippen molar-refractivity contribution in [1.82, 2.24) is 4.98 Å². The smallest absolute Gasteiger partial charge is 0.167 e. The molecular formula is C11H11FN2O. The van der Waals surface area contributed by atoms with Crippen molar-refractivity contribution < 1.29 is 9.13 Å². The first-order valence-electron chi connectivity index (χ1n) is 4.52. The van der Waals surface area contributed by atoms with Crippen molar-refractivity contribution in [3.63, 3.8) is 0 Å². The minimum Gasteiger partial charge on any atom is -0.494 e. The molecule has 4 heteroatoms. The molecule has 2 rings (SSSR count). The van der Waals surface area contributed by atoms with Crippen LogP contribution in [0.15, 0.2) is 18.2 Å². The van der Waals surface area contributed by atoms with Crippen LogP contribution in [0.1, 0.15) is 5.56 Å². The van der Waals surface area contributed by atoms with E-state index in [9.17, 15) is 4.39 Å². The highest BCUT2D eigenvalue weighted by Crippen LogP contribution is 2.25. The average molecular weight is 206 g/mol. The molecule has 1 aromatic heterocycles. The van der Waals surface area contributed by atoms with Crippen LogP contribution in [0.2, 0.25) is 0 Å². The van der Waals surface area contributed by atoms with E-state index < -0.39 is 5.82 Å². The first-order chi connectivity index (χ1) is 7.11. The lowest BCUT2D eigenvalue weighted by atomic mass is 10.1. The summed E-state index contributed by atoms with van der Waals surface area (Å²) in [5.74, 6) is 0.210. The zero-order valence-corrected chi connectivity index (χ0v) is 8.54. The van der Waals surface area contributed by atoms with E-state index in [2.05, 4.69) is 4.98 Å². The monoisotopic (exact) mass is 206 g/mol. The number of hydrogen-bond acceptors (Lipinski definition) is 3. The van der Waals surface area contributed by atoms with Crippen molar-refractivity contribution in [2.24, 2.45) is 0 Å². The minimum atomic E-state index is -0.430. The number of nitrogen functional groups attached to an aromatic ring is 1. The number of nitrogens with zero attached hydrogens (tertiary/aromatic N) is 1. The van der Waals surface area contributed by atoms with Gasteiger partial charge in [-0.05, 0) is 24.6 Å². The Labute approximate surface area is 86.7 Å². The molecule has 0 spiro atoms. The fourth-order valence-corrected chi connectivity index (χ4v) is 1.45. The molecule has 0 bridgehead atoms. The van der Waals surface area contributed by atoms with Crippen LogP contribution in [0, 0.1) is 12.7 Å². The molecule has 0 radical (unpaired) electrons. The summed E-state index contributed by atoms with van der Waals surface area (Å²) >= 11 is 0. The first kappa shape index (κ1) is 9.71. The highest BCUT2D eigenvalue weighted by atomic mass is 19.1. The third kappa shape index (κ3) is 1.58. The summed E-state index contributed by atoms with van der Waals surface area (Å²) in [6.45, 7) is 1.86. The SMILES string of the molecule is COc1cc2cc(C)c(N)nc2cc1F. The topological polar surface area (TPSA) is 48.1 Å². The molecule has 0 unspecified atom stereocenters. The van der Waals surface area contributed by atoms with Crippen LogP contribution in [0.4, 0.5) is 10.2 Å². The van der Waals surface area contributed by atoms with Gasteiger partial charge >= 0.3 is 0 Å². The largest absolute Gasteiger partial charge is 0.494 e. The number of anilines is 1. The van der Waals surface area contributed by atoms with Crippen LogP contribution in [0.5, 0.6) is 5.75 Å². The van der Waals surface area contributed by atoms with Gasteiger partial charge in [0.25, 0.3) is 0 Å². The molecule has 0 saturated carbocycles. The maximum atomic E-state index is 13.3. The van der Waals surface area contributed by atoms with E-state index >= 15 is 0 Å². The Balaban J connectivity index is 2.76. The van der Waals surface area contributed by atoms with E-state index in [4.69, 9.17) is 10.5 Å². The number of aromatic nitrogens is 1. The zero-order chi connectivity index (χ0) is 11.0. The Kier molecular flexibility index (Phi) is 2.19. The highest BCUT2D eigenvalue weighted by Gasteiger charge is 2.07. The number of methoxy groups -OCH3 is 1. The number of halogens is 1. The molecule has 2 aromatic rings. The van der Waals surface area contributed by atoms with Crippen molar-refractivity contribution in [3.05, 3.63) is 29.6 Å². The predicted octanol–water partition coefficient (Wildman–Crippen LogP) is 2.27. The van der Waals surface area contributed by atoms with Crippen LogP contribution in [-0.2, 0) is 0 Å².